The van der Waals surface area contributed by atoms with Crippen LogP contribution in [0.25, 0.3) is 0 Å². The molecule has 0 spiro atoms. The Morgan fingerprint density at radius 3 is 2.53 bits per heavy atom. The molecule has 5 heteroatoms. The fourth-order valence-corrected chi connectivity index (χ4v) is 4.70. The van der Waals surface area contributed by atoms with Crippen molar-refractivity contribution in [3.05, 3.63) is 58.7 Å². The molecule has 2 aromatic carbocycles. The second-order valence-electron chi connectivity index (χ2n) is 9.08. The van der Waals surface area contributed by atoms with Gasteiger partial charge in [-0.15, -0.1) is 0 Å². The highest BCUT2D eigenvalue weighted by atomic mass is 16.5. The lowest BCUT2D eigenvalue weighted by molar-refractivity contribution is 0.0955. The Kier molecular flexibility index (Phi) is 6.20. The molecule has 1 amide bonds. The molecule has 5 nitrogen and oxygen atoms in total. The van der Waals surface area contributed by atoms with E-state index in [4.69, 9.17) is 4.74 Å². The second-order valence-corrected chi connectivity index (χ2v) is 9.08. The third kappa shape index (κ3) is 4.35. The van der Waals surface area contributed by atoms with Crippen molar-refractivity contribution in [3.63, 3.8) is 0 Å². The monoisotopic (exact) mass is 407 g/mol. The highest BCUT2D eigenvalue weighted by Gasteiger charge is 2.37. The van der Waals surface area contributed by atoms with E-state index in [0.717, 1.165) is 17.5 Å². The van der Waals surface area contributed by atoms with Gasteiger partial charge in [-0.1, -0.05) is 6.92 Å². The van der Waals surface area contributed by atoms with E-state index in [-0.39, 0.29) is 11.4 Å². The number of amides is 1. The van der Waals surface area contributed by atoms with Crippen LogP contribution in [0.3, 0.4) is 0 Å². The minimum Gasteiger partial charge on any atom is -0.497 e. The number of hydrazone groups is 1. The van der Waals surface area contributed by atoms with Crippen LogP contribution in [0.15, 0.2) is 41.5 Å². The molecular weight excluding hydrogens is 374 g/mol. The molecule has 0 radical (unpaired) electrons. The predicted molar refractivity (Wildman–Crippen MR) is 124 cm³/mol. The Hall–Kier alpha value is -2.82. The minimum atomic E-state index is -0.245. The van der Waals surface area contributed by atoms with Gasteiger partial charge < -0.3 is 9.64 Å². The highest BCUT2D eigenvalue weighted by molar-refractivity contribution is 5.95. The third-order valence-electron chi connectivity index (χ3n) is 5.90. The number of methoxy groups -OCH3 is 1. The molecule has 2 aromatic rings. The Morgan fingerprint density at radius 1 is 1.27 bits per heavy atom. The Labute approximate surface area is 180 Å². The molecule has 0 bridgehead atoms. The van der Waals surface area contributed by atoms with Crippen LogP contribution < -0.4 is 15.1 Å². The number of nitrogens with zero attached hydrogens (tertiary/aromatic N) is 2. The van der Waals surface area contributed by atoms with Crippen molar-refractivity contribution in [2.45, 2.75) is 65.5 Å². The normalized spacial score (nSPS) is 17.9. The molecule has 1 N–H and O–H groups in total. The van der Waals surface area contributed by atoms with Gasteiger partial charge in [-0.2, -0.15) is 5.10 Å². The largest absolute Gasteiger partial charge is 0.497 e. The van der Waals surface area contributed by atoms with Gasteiger partial charge in [0.2, 0.25) is 0 Å². The van der Waals surface area contributed by atoms with E-state index in [0.29, 0.717) is 23.3 Å². The average molecular weight is 408 g/mol. The van der Waals surface area contributed by atoms with Crippen molar-refractivity contribution in [2.24, 2.45) is 5.10 Å². The van der Waals surface area contributed by atoms with Crippen LogP contribution >= 0.6 is 0 Å². The molecule has 0 aromatic heterocycles. The number of rotatable bonds is 5. The molecule has 1 aliphatic rings. The van der Waals surface area contributed by atoms with Crippen molar-refractivity contribution in [2.75, 3.05) is 12.0 Å². The highest BCUT2D eigenvalue weighted by Crippen LogP contribution is 2.45. The molecular formula is C25H33N3O2. The number of hydrogen-bond donors (Lipinski definition) is 1. The van der Waals surface area contributed by atoms with E-state index in [1.165, 1.54) is 11.3 Å². The summed E-state index contributed by atoms with van der Waals surface area (Å²) in [4.78, 5) is 14.9. The number of aryl methyl sites for hydroxylation is 1. The SMILES string of the molecule is COc1ccc(C(=O)N/N=C\c2cc3c(cc2C)N(C(C)C)C(C)(C)C[C@H]3C)cc1. The number of nitrogens with one attached hydrogen (secondary N) is 1. The van der Waals surface area contributed by atoms with Crippen molar-refractivity contribution >= 4 is 17.8 Å². The molecule has 30 heavy (non-hydrogen) atoms. The number of anilines is 1. The predicted octanol–water partition coefficient (Wildman–Crippen LogP) is 5.27. The summed E-state index contributed by atoms with van der Waals surface area (Å²) in [6, 6.07) is 11.9. The number of carbonyl (C=O) groups excluding carboxylic acids is 1. The van der Waals surface area contributed by atoms with Gasteiger partial charge in [-0.3, -0.25) is 4.79 Å². The number of benzene rings is 2. The smallest absolute Gasteiger partial charge is 0.271 e. The van der Waals surface area contributed by atoms with Gasteiger partial charge >= 0.3 is 0 Å². The minimum absolute atomic E-state index is 0.120. The van der Waals surface area contributed by atoms with Gasteiger partial charge in [0.1, 0.15) is 5.75 Å². The van der Waals surface area contributed by atoms with E-state index in [2.05, 4.69) is 69.1 Å². The van der Waals surface area contributed by atoms with Gasteiger partial charge in [0.25, 0.3) is 5.91 Å². The summed E-state index contributed by atoms with van der Waals surface area (Å²) in [6.45, 7) is 13.5. The number of hydrogen-bond acceptors (Lipinski definition) is 4. The Balaban J connectivity index is 1.82. The van der Waals surface area contributed by atoms with Crippen molar-refractivity contribution in [3.8, 4) is 5.75 Å². The van der Waals surface area contributed by atoms with E-state index in [1.54, 1.807) is 37.6 Å². The van der Waals surface area contributed by atoms with Crippen LogP contribution in [0.2, 0.25) is 0 Å². The molecule has 3 rings (SSSR count). The van der Waals surface area contributed by atoms with Gasteiger partial charge in [0.05, 0.1) is 13.3 Å². The zero-order valence-electron chi connectivity index (χ0n) is 19.1. The summed E-state index contributed by atoms with van der Waals surface area (Å²) in [5, 5.41) is 4.21. The fraction of sp³-hybridized carbons (Fsp3) is 0.440. The Morgan fingerprint density at radius 2 is 1.93 bits per heavy atom. The molecule has 1 atom stereocenters. The summed E-state index contributed by atoms with van der Waals surface area (Å²) in [5.74, 6) is 0.935. The maximum absolute atomic E-state index is 12.3. The standard InChI is InChI=1S/C25H33N3O2/c1-16(2)28-23-12-17(3)20(13-22(23)18(4)14-25(28,5)6)15-26-27-24(29)19-8-10-21(30-7)11-9-19/h8-13,15-16,18H,14H2,1-7H3,(H,27,29)/b26-15-/t18-/m1/s1. The first kappa shape index (κ1) is 21.9. The first-order valence-electron chi connectivity index (χ1n) is 10.6. The average Bonchev–Trinajstić information content (AvgIpc) is 2.67. The van der Waals surface area contributed by atoms with Crippen LogP contribution in [-0.2, 0) is 0 Å². The lowest BCUT2D eigenvalue weighted by atomic mass is 9.78. The van der Waals surface area contributed by atoms with Crippen molar-refractivity contribution < 1.29 is 9.53 Å². The van der Waals surface area contributed by atoms with Gasteiger partial charge in [0.15, 0.2) is 0 Å². The quantitative estimate of drug-likeness (QED) is 0.543. The number of fused-ring (bicyclic) bond motifs is 1. The zero-order chi connectivity index (χ0) is 22.1. The summed E-state index contributed by atoms with van der Waals surface area (Å²) >= 11 is 0. The van der Waals surface area contributed by atoms with Crippen molar-refractivity contribution in [1.29, 1.82) is 0 Å². The molecule has 1 aliphatic heterocycles. The lowest BCUT2D eigenvalue weighted by Crippen LogP contribution is -2.51. The maximum Gasteiger partial charge on any atom is 0.271 e. The third-order valence-corrected chi connectivity index (χ3v) is 5.90. The van der Waals surface area contributed by atoms with Crippen molar-refractivity contribution in [1.82, 2.24) is 5.43 Å². The van der Waals surface area contributed by atoms with E-state index >= 15 is 0 Å². The molecule has 1 heterocycles. The number of ether oxygens (including phenoxy) is 1. The molecule has 160 valence electrons. The number of carbonyl (C=O) groups is 1. The van der Waals surface area contributed by atoms with Crippen LogP contribution in [0.5, 0.6) is 5.75 Å². The van der Waals surface area contributed by atoms with Gasteiger partial charge in [-0.05, 0) is 100 Å². The van der Waals surface area contributed by atoms with Crippen LogP contribution in [0.4, 0.5) is 5.69 Å². The van der Waals surface area contributed by atoms with Gasteiger partial charge in [-0.25, -0.2) is 5.43 Å². The first-order chi connectivity index (χ1) is 14.1. The topological polar surface area (TPSA) is 53.9 Å². The van der Waals surface area contributed by atoms with Crippen LogP contribution in [0.1, 0.15) is 74.0 Å². The Bertz CT molecular complexity index is 946. The van der Waals surface area contributed by atoms with E-state index < -0.39 is 0 Å². The van der Waals surface area contributed by atoms with E-state index in [9.17, 15) is 4.79 Å². The maximum atomic E-state index is 12.3. The van der Waals surface area contributed by atoms with E-state index in [1.807, 2.05) is 0 Å². The summed E-state index contributed by atoms with van der Waals surface area (Å²) in [5.41, 5.74) is 8.11. The summed E-state index contributed by atoms with van der Waals surface area (Å²) in [6.07, 6.45) is 2.84. The van der Waals surface area contributed by atoms with Gasteiger partial charge in [0, 0.05) is 22.8 Å². The first-order valence-corrected chi connectivity index (χ1v) is 10.6. The summed E-state index contributed by atoms with van der Waals surface area (Å²) < 4.78 is 5.13. The summed E-state index contributed by atoms with van der Waals surface area (Å²) in [7, 11) is 1.60. The molecule has 0 fully saturated rings. The zero-order valence-corrected chi connectivity index (χ0v) is 19.1. The van der Waals surface area contributed by atoms with Crippen LogP contribution in [0, 0.1) is 6.92 Å². The molecule has 0 saturated carbocycles. The molecule has 0 unspecified atom stereocenters. The molecule has 0 saturated heterocycles. The van der Waals surface area contributed by atoms with Crippen LogP contribution in [-0.4, -0.2) is 30.8 Å². The molecule has 0 aliphatic carbocycles. The second kappa shape index (κ2) is 8.50. The fourth-order valence-electron chi connectivity index (χ4n) is 4.70. The lowest BCUT2D eigenvalue weighted by Gasteiger charge is -2.50.